The minimum atomic E-state index is 0.0296. The molecule has 1 aliphatic rings. The predicted molar refractivity (Wildman–Crippen MR) is 117 cm³/mol. The molecule has 2 aromatic carbocycles. The normalized spacial score (nSPS) is 16.3. The van der Waals surface area contributed by atoms with Crippen LogP contribution in [0.3, 0.4) is 0 Å². The first kappa shape index (κ1) is 21.5. The van der Waals surface area contributed by atoms with Crippen LogP contribution in [-0.4, -0.2) is 45.3 Å². The molecule has 0 saturated carbocycles. The largest absolute Gasteiger partial charge is 0.493 e. The molecule has 1 atom stereocenters. The Kier molecular flexibility index (Phi) is 7.04. The van der Waals surface area contributed by atoms with Crippen LogP contribution in [0.25, 0.3) is 0 Å². The highest BCUT2D eigenvalue weighted by molar-refractivity contribution is 5.52. The summed E-state index contributed by atoms with van der Waals surface area (Å²) in [4.78, 5) is 2.55. The summed E-state index contributed by atoms with van der Waals surface area (Å²) in [5.41, 5.74) is 2.32. The fourth-order valence-corrected chi connectivity index (χ4v) is 4.10. The number of piperazine rings is 1. The maximum absolute atomic E-state index is 6.35. The second-order valence-corrected chi connectivity index (χ2v) is 8.57. The lowest BCUT2D eigenvalue weighted by Crippen LogP contribution is -2.48. The van der Waals surface area contributed by atoms with E-state index in [0.717, 1.165) is 48.8 Å². The van der Waals surface area contributed by atoms with Gasteiger partial charge in [-0.25, -0.2) is 0 Å². The molecule has 1 saturated heterocycles. The summed E-state index contributed by atoms with van der Waals surface area (Å²) < 4.78 is 17.6. The molecule has 1 fully saturated rings. The van der Waals surface area contributed by atoms with E-state index < -0.39 is 0 Å². The maximum Gasteiger partial charge on any atom is 0.164 e. The number of nitrogens with zero attached hydrogens (tertiary/aromatic N) is 1. The van der Waals surface area contributed by atoms with Gasteiger partial charge in [-0.3, -0.25) is 4.90 Å². The van der Waals surface area contributed by atoms with Gasteiger partial charge in [-0.2, -0.15) is 0 Å². The molecule has 0 radical (unpaired) electrons. The number of benzene rings is 2. The first-order chi connectivity index (χ1) is 13.9. The van der Waals surface area contributed by atoms with Crippen molar-refractivity contribution >= 4 is 0 Å². The fourth-order valence-electron chi connectivity index (χ4n) is 4.10. The van der Waals surface area contributed by atoms with Crippen LogP contribution in [0.2, 0.25) is 0 Å². The lowest BCUT2D eigenvalue weighted by atomic mass is 9.80. The van der Waals surface area contributed by atoms with Crippen LogP contribution in [0.4, 0.5) is 0 Å². The van der Waals surface area contributed by atoms with E-state index in [-0.39, 0.29) is 11.5 Å². The summed E-state index contributed by atoms with van der Waals surface area (Å²) in [5.74, 6) is 2.27. The Morgan fingerprint density at radius 1 is 0.931 bits per heavy atom. The van der Waals surface area contributed by atoms with Crippen LogP contribution in [0.1, 0.15) is 37.9 Å². The molecule has 1 heterocycles. The fraction of sp³-hybridized carbons (Fsp3) is 0.500. The van der Waals surface area contributed by atoms with Crippen molar-refractivity contribution < 1.29 is 14.2 Å². The molecule has 0 spiro atoms. The van der Waals surface area contributed by atoms with Crippen molar-refractivity contribution in [1.82, 2.24) is 10.2 Å². The lowest BCUT2D eigenvalue weighted by molar-refractivity contribution is 0.0829. The van der Waals surface area contributed by atoms with Crippen molar-refractivity contribution in [2.24, 2.45) is 5.41 Å². The van der Waals surface area contributed by atoms with Crippen LogP contribution in [0, 0.1) is 5.41 Å². The quantitative estimate of drug-likeness (QED) is 0.754. The smallest absolute Gasteiger partial charge is 0.164 e. The van der Waals surface area contributed by atoms with Crippen LogP contribution < -0.4 is 19.5 Å². The third kappa shape index (κ3) is 5.22. The van der Waals surface area contributed by atoms with E-state index >= 15 is 0 Å². The minimum absolute atomic E-state index is 0.0296. The van der Waals surface area contributed by atoms with Crippen molar-refractivity contribution in [3.8, 4) is 17.2 Å². The molecule has 0 bridgehead atoms. The van der Waals surface area contributed by atoms with Gasteiger partial charge in [0.25, 0.3) is 0 Å². The van der Waals surface area contributed by atoms with Crippen LogP contribution in [-0.2, 0) is 6.61 Å². The molecule has 0 amide bonds. The molecule has 1 aliphatic heterocycles. The molecule has 5 heteroatoms. The highest BCUT2D eigenvalue weighted by Gasteiger charge is 2.35. The highest BCUT2D eigenvalue weighted by atomic mass is 16.5. The number of nitrogens with one attached hydrogen (secondary N) is 1. The minimum Gasteiger partial charge on any atom is -0.493 e. The molecule has 29 heavy (non-hydrogen) atoms. The van der Waals surface area contributed by atoms with Gasteiger partial charge in [-0.15, -0.1) is 0 Å². The van der Waals surface area contributed by atoms with Gasteiger partial charge >= 0.3 is 0 Å². The van der Waals surface area contributed by atoms with E-state index in [4.69, 9.17) is 14.2 Å². The number of hydrogen-bond donors (Lipinski definition) is 1. The second-order valence-electron chi connectivity index (χ2n) is 8.57. The number of rotatable bonds is 7. The molecule has 3 rings (SSSR count). The maximum atomic E-state index is 6.35. The van der Waals surface area contributed by atoms with E-state index in [1.807, 2.05) is 24.3 Å². The van der Waals surface area contributed by atoms with Crippen molar-refractivity contribution in [1.29, 1.82) is 0 Å². The van der Waals surface area contributed by atoms with Crippen molar-refractivity contribution in [2.45, 2.75) is 33.4 Å². The Hall–Kier alpha value is -2.24. The zero-order valence-corrected chi connectivity index (χ0v) is 18.3. The molecular formula is C24H34N2O3. The topological polar surface area (TPSA) is 43.0 Å². The Labute approximate surface area is 175 Å². The van der Waals surface area contributed by atoms with E-state index in [9.17, 15) is 0 Å². The SMILES string of the molecule is COc1cc(OCc2ccccc2)c([C@H](N2CCNCC2)C(C)(C)C)cc1OC. The van der Waals surface area contributed by atoms with Gasteiger partial charge in [0.15, 0.2) is 11.5 Å². The summed E-state index contributed by atoms with van der Waals surface area (Å²) in [6, 6.07) is 14.5. The van der Waals surface area contributed by atoms with E-state index in [1.165, 1.54) is 0 Å². The third-order valence-corrected chi connectivity index (χ3v) is 5.38. The van der Waals surface area contributed by atoms with Gasteiger partial charge < -0.3 is 19.5 Å². The molecule has 0 unspecified atom stereocenters. The van der Waals surface area contributed by atoms with Crippen molar-refractivity contribution in [3.63, 3.8) is 0 Å². The van der Waals surface area contributed by atoms with Gasteiger partial charge in [-0.05, 0) is 17.0 Å². The summed E-state index contributed by atoms with van der Waals surface area (Å²) in [6.45, 7) is 11.4. The summed E-state index contributed by atoms with van der Waals surface area (Å²) in [7, 11) is 3.35. The summed E-state index contributed by atoms with van der Waals surface area (Å²) in [6.07, 6.45) is 0. The first-order valence-corrected chi connectivity index (χ1v) is 10.3. The van der Waals surface area contributed by atoms with Crippen molar-refractivity contribution in [3.05, 3.63) is 53.6 Å². The average molecular weight is 399 g/mol. The van der Waals surface area contributed by atoms with E-state index in [1.54, 1.807) is 14.2 Å². The number of methoxy groups -OCH3 is 2. The average Bonchev–Trinajstić information content (AvgIpc) is 2.73. The molecule has 1 N–H and O–H groups in total. The molecule has 2 aromatic rings. The Bertz CT molecular complexity index is 781. The Morgan fingerprint density at radius 2 is 1.55 bits per heavy atom. The molecular weight excluding hydrogens is 364 g/mol. The number of ether oxygens (including phenoxy) is 3. The summed E-state index contributed by atoms with van der Waals surface area (Å²) >= 11 is 0. The van der Waals surface area contributed by atoms with Gasteiger partial charge in [0.1, 0.15) is 12.4 Å². The van der Waals surface area contributed by atoms with Gasteiger partial charge in [-0.1, -0.05) is 51.1 Å². The van der Waals surface area contributed by atoms with Crippen LogP contribution in [0.5, 0.6) is 17.2 Å². The molecule has 0 aromatic heterocycles. The highest BCUT2D eigenvalue weighted by Crippen LogP contribution is 2.46. The Morgan fingerprint density at radius 3 is 2.14 bits per heavy atom. The molecule has 158 valence electrons. The molecule has 0 aliphatic carbocycles. The van der Waals surface area contributed by atoms with E-state index in [2.05, 4.69) is 49.2 Å². The van der Waals surface area contributed by atoms with Gasteiger partial charge in [0.2, 0.25) is 0 Å². The monoisotopic (exact) mass is 398 g/mol. The zero-order chi connectivity index (χ0) is 20.9. The van der Waals surface area contributed by atoms with Crippen LogP contribution >= 0.6 is 0 Å². The zero-order valence-electron chi connectivity index (χ0n) is 18.3. The van der Waals surface area contributed by atoms with Gasteiger partial charge in [0.05, 0.1) is 14.2 Å². The van der Waals surface area contributed by atoms with Crippen molar-refractivity contribution in [2.75, 3.05) is 40.4 Å². The summed E-state index contributed by atoms with van der Waals surface area (Å²) in [5, 5.41) is 3.46. The van der Waals surface area contributed by atoms with Crippen LogP contribution in [0.15, 0.2) is 42.5 Å². The first-order valence-electron chi connectivity index (χ1n) is 10.3. The van der Waals surface area contributed by atoms with E-state index in [0.29, 0.717) is 12.4 Å². The second kappa shape index (κ2) is 9.51. The Balaban J connectivity index is 2.02. The standard InChI is InChI=1S/C24H34N2O3/c1-24(2,3)23(26-13-11-25-12-14-26)19-15-21(27-4)22(28-5)16-20(19)29-17-18-9-7-6-8-10-18/h6-10,15-16,23,25H,11-14,17H2,1-5H3/t23-/m0/s1. The third-order valence-electron chi connectivity index (χ3n) is 5.38. The molecule has 5 nitrogen and oxygen atoms in total. The number of hydrogen-bond acceptors (Lipinski definition) is 5. The van der Waals surface area contributed by atoms with Gasteiger partial charge in [0, 0.05) is 43.9 Å². The lowest BCUT2D eigenvalue weighted by Gasteiger charge is -2.43. The predicted octanol–water partition coefficient (Wildman–Crippen LogP) is 4.28.